The zero-order chi connectivity index (χ0) is 20.9. The fourth-order valence-corrected chi connectivity index (χ4v) is 4.00. The van der Waals surface area contributed by atoms with E-state index < -0.39 is 0 Å². The Hall–Kier alpha value is -2.75. The highest BCUT2D eigenvalue weighted by atomic mass is 32.1. The molecule has 2 bridgehead atoms. The molecule has 0 saturated carbocycles. The van der Waals surface area contributed by atoms with Gasteiger partial charge in [0.15, 0.2) is 16.8 Å². The summed E-state index contributed by atoms with van der Waals surface area (Å²) < 4.78 is 5.96. The van der Waals surface area contributed by atoms with Gasteiger partial charge in [0.1, 0.15) is 0 Å². The summed E-state index contributed by atoms with van der Waals surface area (Å²) in [5, 5.41) is 23.8. The molecule has 2 saturated heterocycles. The van der Waals surface area contributed by atoms with Gasteiger partial charge >= 0.3 is 0 Å². The topological polar surface area (TPSA) is 109 Å². The van der Waals surface area contributed by atoms with Gasteiger partial charge in [0.2, 0.25) is 0 Å². The molecule has 9 heteroatoms. The first kappa shape index (κ1) is 20.5. The van der Waals surface area contributed by atoms with Crippen LogP contribution in [0.15, 0.2) is 47.6 Å². The van der Waals surface area contributed by atoms with Gasteiger partial charge in [-0.3, -0.25) is 5.41 Å². The SMILES string of the molecule is N=C(N=C(c1ccc[nH]1)N1C[C@@H]2CC[C@@H](C1)O2)c1ccc(NC(=S)NCCO)cc1. The standard InChI is InChI=1S/C21H26N6O2S/c22-19(14-3-5-15(6-4-14)25-21(30)24-10-11-28)26-20(18-2-1-9-23-18)27-12-16-7-8-17(13-27)29-16/h1-6,9,16-17,22-23,28H,7-8,10-13H2,(H2,24,25,30)/t16-,17-/m0/s1. The van der Waals surface area contributed by atoms with Crippen LogP contribution in [0, 0.1) is 5.41 Å². The van der Waals surface area contributed by atoms with Crippen LogP contribution in [0.4, 0.5) is 5.69 Å². The molecule has 0 aliphatic carbocycles. The van der Waals surface area contributed by atoms with Crippen molar-refractivity contribution in [3.8, 4) is 0 Å². The Labute approximate surface area is 180 Å². The minimum absolute atomic E-state index is 0.0176. The number of aromatic nitrogens is 1. The number of rotatable bonds is 5. The van der Waals surface area contributed by atoms with Crippen LogP contribution in [-0.4, -0.2) is 70.2 Å². The van der Waals surface area contributed by atoms with Gasteiger partial charge in [-0.15, -0.1) is 0 Å². The van der Waals surface area contributed by atoms with Gasteiger partial charge in [-0.1, -0.05) is 0 Å². The zero-order valence-corrected chi connectivity index (χ0v) is 17.4. The fraction of sp³-hybridized carbons (Fsp3) is 0.381. The second-order valence-corrected chi connectivity index (χ2v) is 7.82. The first-order valence-electron chi connectivity index (χ1n) is 10.1. The van der Waals surface area contributed by atoms with Crippen molar-refractivity contribution >= 4 is 34.7 Å². The molecule has 2 aliphatic rings. The highest BCUT2D eigenvalue weighted by molar-refractivity contribution is 7.80. The lowest BCUT2D eigenvalue weighted by atomic mass is 10.2. The molecule has 0 spiro atoms. The van der Waals surface area contributed by atoms with E-state index in [4.69, 9.17) is 32.5 Å². The van der Waals surface area contributed by atoms with E-state index >= 15 is 0 Å². The summed E-state index contributed by atoms with van der Waals surface area (Å²) in [5.74, 6) is 0.979. The molecule has 2 aliphatic heterocycles. The minimum Gasteiger partial charge on any atom is -0.395 e. The summed E-state index contributed by atoms with van der Waals surface area (Å²) in [6.45, 7) is 2.00. The summed E-state index contributed by atoms with van der Waals surface area (Å²) >= 11 is 5.17. The molecular formula is C21H26N6O2S. The maximum Gasteiger partial charge on any atom is 0.170 e. The Morgan fingerprint density at radius 3 is 2.60 bits per heavy atom. The molecule has 3 heterocycles. The molecule has 30 heavy (non-hydrogen) atoms. The Morgan fingerprint density at radius 1 is 1.23 bits per heavy atom. The predicted molar refractivity (Wildman–Crippen MR) is 121 cm³/mol. The van der Waals surface area contributed by atoms with E-state index in [0.717, 1.165) is 48.7 Å². The number of aliphatic hydroxyl groups is 1. The molecule has 2 aromatic rings. The fourth-order valence-electron chi connectivity index (χ4n) is 3.79. The number of H-pyrrole nitrogens is 1. The van der Waals surface area contributed by atoms with Crippen LogP contribution in [0.2, 0.25) is 0 Å². The number of aliphatic imine (C=N–C) groups is 1. The van der Waals surface area contributed by atoms with Gasteiger partial charge in [0, 0.05) is 37.1 Å². The average molecular weight is 427 g/mol. The number of likely N-dealkylation sites (tertiary alicyclic amines) is 1. The number of hydrogen-bond acceptors (Lipinski definition) is 4. The zero-order valence-electron chi connectivity index (χ0n) is 16.6. The number of benzene rings is 1. The first-order chi connectivity index (χ1) is 14.6. The quantitative estimate of drug-likeness (QED) is 0.284. The summed E-state index contributed by atoms with van der Waals surface area (Å²) in [4.78, 5) is 10.2. The number of hydrogen-bond donors (Lipinski definition) is 5. The molecule has 5 N–H and O–H groups in total. The van der Waals surface area contributed by atoms with Crippen molar-refractivity contribution in [1.29, 1.82) is 5.41 Å². The van der Waals surface area contributed by atoms with Gasteiger partial charge in [-0.05, 0) is 61.5 Å². The monoisotopic (exact) mass is 426 g/mol. The molecule has 2 fully saturated rings. The number of morpholine rings is 1. The van der Waals surface area contributed by atoms with Gasteiger partial charge in [-0.2, -0.15) is 0 Å². The average Bonchev–Trinajstić information content (AvgIpc) is 3.40. The smallest absolute Gasteiger partial charge is 0.170 e. The maximum atomic E-state index is 8.85. The summed E-state index contributed by atoms with van der Waals surface area (Å²) in [6, 6.07) is 11.3. The number of aliphatic hydroxyl groups excluding tert-OH is 1. The molecule has 8 nitrogen and oxygen atoms in total. The van der Waals surface area contributed by atoms with E-state index in [0.29, 0.717) is 11.7 Å². The van der Waals surface area contributed by atoms with Crippen molar-refractivity contribution in [2.75, 3.05) is 31.6 Å². The molecule has 1 aromatic heterocycles. The largest absolute Gasteiger partial charge is 0.395 e. The van der Waals surface area contributed by atoms with E-state index in [1.165, 1.54) is 0 Å². The second-order valence-electron chi connectivity index (χ2n) is 7.41. The number of aromatic amines is 1. The molecular weight excluding hydrogens is 400 g/mol. The number of fused-ring (bicyclic) bond motifs is 2. The second kappa shape index (κ2) is 9.38. The van der Waals surface area contributed by atoms with Crippen LogP contribution in [0.25, 0.3) is 0 Å². The van der Waals surface area contributed by atoms with Crippen molar-refractivity contribution in [1.82, 2.24) is 15.2 Å². The highest BCUT2D eigenvalue weighted by Gasteiger charge is 2.35. The van der Waals surface area contributed by atoms with Crippen molar-refractivity contribution in [3.05, 3.63) is 53.9 Å². The molecule has 1 aromatic carbocycles. The van der Waals surface area contributed by atoms with Gasteiger partial charge in [0.25, 0.3) is 0 Å². The van der Waals surface area contributed by atoms with E-state index in [1.807, 2.05) is 42.6 Å². The van der Waals surface area contributed by atoms with Crippen LogP contribution < -0.4 is 10.6 Å². The van der Waals surface area contributed by atoms with Crippen LogP contribution >= 0.6 is 12.2 Å². The third-order valence-corrected chi connectivity index (χ3v) is 5.46. The van der Waals surface area contributed by atoms with Crippen LogP contribution in [0.1, 0.15) is 24.1 Å². The van der Waals surface area contributed by atoms with Gasteiger partial charge < -0.3 is 30.4 Å². The van der Waals surface area contributed by atoms with Crippen LogP contribution in [-0.2, 0) is 4.74 Å². The number of amidine groups is 2. The normalized spacial score (nSPS) is 20.8. The Bertz CT molecular complexity index is 900. The molecule has 0 amide bonds. The van der Waals surface area contributed by atoms with Crippen molar-refractivity contribution in [2.24, 2.45) is 4.99 Å². The van der Waals surface area contributed by atoms with Crippen molar-refractivity contribution in [3.63, 3.8) is 0 Å². The number of nitrogens with zero attached hydrogens (tertiary/aromatic N) is 2. The maximum absolute atomic E-state index is 8.85. The lowest BCUT2D eigenvalue weighted by molar-refractivity contribution is -0.0155. The summed E-state index contributed by atoms with van der Waals surface area (Å²) in [5.41, 5.74) is 2.43. The van der Waals surface area contributed by atoms with E-state index in [1.54, 1.807) is 0 Å². The highest BCUT2D eigenvalue weighted by Crippen LogP contribution is 2.27. The van der Waals surface area contributed by atoms with Crippen LogP contribution in [0.3, 0.4) is 0 Å². The number of nitrogens with one attached hydrogen (secondary N) is 4. The Kier molecular flexibility index (Phi) is 6.41. The van der Waals surface area contributed by atoms with E-state index in [9.17, 15) is 0 Å². The lowest BCUT2D eigenvalue weighted by Crippen LogP contribution is -2.46. The van der Waals surface area contributed by atoms with Gasteiger partial charge in [-0.25, -0.2) is 4.99 Å². The van der Waals surface area contributed by atoms with Gasteiger partial charge in [0.05, 0.1) is 24.5 Å². The Balaban J connectivity index is 1.49. The van der Waals surface area contributed by atoms with Crippen molar-refractivity contribution < 1.29 is 9.84 Å². The molecule has 158 valence electrons. The van der Waals surface area contributed by atoms with Crippen molar-refractivity contribution in [2.45, 2.75) is 25.0 Å². The number of thiocarbonyl (C=S) groups is 1. The molecule has 0 radical (unpaired) electrons. The predicted octanol–water partition coefficient (Wildman–Crippen LogP) is 1.93. The lowest BCUT2D eigenvalue weighted by Gasteiger charge is -2.34. The third kappa shape index (κ3) is 4.86. The van der Waals surface area contributed by atoms with E-state index in [2.05, 4.69) is 20.5 Å². The van der Waals surface area contributed by atoms with E-state index in [-0.39, 0.29) is 24.7 Å². The third-order valence-electron chi connectivity index (χ3n) is 5.21. The number of ether oxygens (including phenoxy) is 1. The molecule has 0 unspecified atom stereocenters. The van der Waals surface area contributed by atoms with Crippen LogP contribution in [0.5, 0.6) is 0 Å². The number of anilines is 1. The summed E-state index contributed by atoms with van der Waals surface area (Å²) in [7, 11) is 0. The molecule has 2 atom stereocenters. The molecule has 4 rings (SSSR count). The first-order valence-corrected chi connectivity index (χ1v) is 10.5. The summed E-state index contributed by atoms with van der Waals surface area (Å²) in [6.07, 6.45) is 4.52. The Morgan fingerprint density at radius 2 is 1.97 bits per heavy atom. The minimum atomic E-state index is 0.0176.